The molecule has 0 aliphatic rings. The van der Waals surface area contributed by atoms with Crippen LogP contribution in [0.4, 0.5) is 0 Å². The molecule has 5 heteroatoms. The first-order valence-corrected chi connectivity index (χ1v) is 9.58. The lowest BCUT2D eigenvalue weighted by atomic mass is 9.86. The molecule has 0 bridgehead atoms. The smallest absolute Gasteiger partial charge is 0.161 e. The van der Waals surface area contributed by atoms with Gasteiger partial charge in [-0.2, -0.15) is 0 Å². The van der Waals surface area contributed by atoms with Crippen molar-refractivity contribution in [2.75, 3.05) is 27.4 Å². The van der Waals surface area contributed by atoms with Crippen molar-refractivity contribution in [3.63, 3.8) is 0 Å². The zero-order valence-electron chi connectivity index (χ0n) is 17.8. The van der Waals surface area contributed by atoms with Gasteiger partial charge >= 0.3 is 0 Å². The molecule has 1 unspecified atom stereocenters. The van der Waals surface area contributed by atoms with E-state index in [1.165, 1.54) is 5.56 Å². The number of ether oxygens (including phenoxy) is 3. The van der Waals surface area contributed by atoms with Crippen LogP contribution < -0.4 is 19.5 Å². The van der Waals surface area contributed by atoms with Gasteiger partial charge in [0, 0.05) is 13.1 Å². The molecule has 0 aromatic heterocycles. The van der Waals surface area contributed by atoms with Crippen LogP contribution in [-0.4, -0.2) is 38.6 Å². The Balaban J connectivity index is 1.81. The third-order valence-electron chi connectivity index (χ3n) is 4.63. The Hall–Kier alpha value is -2.24. The fourth-order valence-electron chi connectivity index (χ4n) is 2.90. The summed E-state index contributed by atoms with van der Waals surface area (Å²) in [6, 6.07) is 12.0. The minimum absolute atomic E-state index is 0.108. The van der Waals surface area contributed by atoms with Gasteiger partial charge in [0.1, 0.15) is 18.5 Å². The highest BCUT2D eigenvalue weighted by Crippen LogP contribution is 2.28. The summed E-state index contributed by atoms with van der Waals surface area (Å²) in [7, 11) is 3.23. The largest absolute Gasteiger partial charge is 0.493 e. The van der Waals surface area contributed by atoms with Crippen molar-refractivity contribution in [2.24, 2.45) is 0 Å². The second-order valence-electron chi connectivity index (χ2n) is 8.02. The van der Waals surface area contributed by atoms with Crippen molar-refractivity contribution >= 4 is 0 Å². The Kier molecular flexibility index (Phi) is 7.72. The van der Waals surface area contributed by atoms with Crippen LogP contribution in [0.1, 0.15) is 37.5 Å². The van der Waals surface area contributed by atoms with Crippen molar-refractivity contribution < 1.29 is 19.3 Å². The predicted octanol–water partition coefficient (Wildman–Crippen LogP) is 3.84. The Morgan fingerprint density at radius 1 is 0.964 bits per heavy atom. The van der Waals surface area contributed by atoms with Gasteiger partial charge in [-0.15, -0.1) is 0 Å². The van der Waals surface area contributed by atoms with Crippen LogP contribution in [0.2, 0.25) is 0 Å². The lowest BCUT2D eigenvalue weighted by Crippen LogP contribution is -2.31. The van der Waals surface area contributed by atoms with Crippen molar-refractivity contribution in [3.8, 4) is 17.2 Å². The molecule has 5 nitrogen and oxygen atoms in total. The molecule has 0 saturated heterocycles. The van der Waals surface area contributed by atoms with Crippen molar-refractivity contribution in [1.82, 2.24) is 5.32 Å². The molecule has 0 heterocycles. The minimum Gasteiger partial charge on any atom is -0.493 e. The average Bonchev–Trinajstić information content (AvgIpc) is 2.66. The number of aliphatic hydroxyl groups is 1. The topological polar surface area (TPSA) is 60.0 Å². The average molecular weight is 388 g/mol. The Morgan fingerprint density at radius 2 is 1.64 bits per heavy atom. The van der Waals surface area contributed by atoms with Gasteiger partial charge in [0.05, 0.1) is 14.2 Å². The number of hydrogen-bond donors (Lipinski definition) is 2. The highest BCUT2D eigenvalue weighted by atomic mass is 16.5. The van der Waals surface area contributed by atoms with Crippen LogP contribution in [0.5, 0.6) is 17.2 Å². The number of hydrogen-bond acceptors (Lipinski definition) is 5. The fraction of sp³-hybridized carbons (Fsp3) is 0.478. The minimum atomic E-state index is -0.596. The van der Waals surface area contributed by atoms with Gasteiger partial charge < -0.3 is 24.6 Å². The van der Waals surface area contributed by atoms with Crippen LogP contribution in [-0.2, 0) is 12.0 Å². The van der Waals surface area contributed by atoms with Gasteiger partial charge in [0.25, 0.3) is 0 Å². The molecule has 2 N–H and O–H groups in total. The van der Waals surface area contributed by atoms with Gasteiger partial charge in [-0.25, -0.2) is 0 Å². The van der Waals surface area contributed by atoms with Crippen molar-refractivity contribution in [3.05, 3.63) is 53.1 Å². The summed E-state index contributed by atoms with van der Waals surface area (Å²) in [5, 5.41) is 13.5. The molecule has 0 aliphatic carbocycles. The maximum atomic E-state index is 10.2. The van der Waals surface area contributed by atoms with Crippen LogP contribution >= 0.6 is 0 Å². The third kappa shape index (κ3) is 6.14. The summed E-state index contributed by atoms with van der Waals surface area (Å²) >= 11 is 0. The number of rotatable bonds is 9. The summed E-state index contributed by atoms with van der Waals surface area (Å²) in [5.41, 5.74) is 3.52. The Bertz CT molecular complexity index is 768. The van der Waals surface area contributed by atoms with E-state index < -0.39 is 6.10 Å². The summed E-state index contributed by atoms with van der Waals surface area (Å²) < 4.78 is 16.4. The van der Waals surface area contributed by atoms with E-state index in [2.05, 4.69) is 38.2 Å². The molecule has 28 heavy (non-hydrogen) atoms. The van der Waals surface area contributed by atoms with Gasteiger partial charge in [-0.3, -0.25) is 0 Å². The summed E-state index contributed by atoms with van der Waals surface area (Å²) in [5.74, 6) is 2.21. The van der Waals surface area contributed by atoms with Gasteiger partial charge in [-0.1, -0.05) is 39.0 Å². The molecule has 0 fully saturated rings. The highest BCUT2D eigenvalue weighted by molar-refractivity contribution is 5.43. The monoisotopic (exact) mass is 387 g/mol. The molecule has 1 atom stereocenters. The first kappa shape index (κ1) is 22.1. The normalized spacial score (nSPS) is 12.5. The number of aliphatic hydroxyl groups excluding tert-OH is 1. The SMILES string of the molecule is COc1ccc(CNCC(O)COc2ccc(C(C)(C)C)cc2C)cc1OC. The van der Waals surface area contributed by atoms with E-state index in [9.17, 15) is 5.11 Å². The first-order chi connectivity index (χ1) is 13.2. The number of aryl methyl sites for hydroxylation is 1. The van der Waals surface area contributed by atoms with E-state index in [0.29, 0.717) is 24.6 Å². The number of methoxy groups -OCH3 is 2. The highest BCUT2D eigenvalue weighted by Gasteiger charge is 2.15. The van der Waals surface area contributed by atoms with Crippen molar-refractivity contribution in [2.45, 2.75) is 45.8 Å². The van der Waals surface area contributed by atoms with Crippen LogP contribution in [0.3, 0.4) is 0 Å². The van der Waals surface area contributed by atoms with E-state index in [4.69, 9.17) is 14.2 Å². The molecule has 0 amide bonds. The quantitative estimate of drug-likeness (QED) is 0.685. The Labute approximate surface area is 168 Å². The second-order valence-corrected chi connectivity index (χ2v) is 8.02. The van der Waals surface area contributed by atoms with E-state index in [-0.39, 0.29) is 12.0 Å². The molecule has 2 aromatic carbocycles. The van der Waals surface area contributed by atoms with Crippen LogP contribution in [0.25, 0.3) is 0 Å². The molecular weight excluding hydrogens is 354 g/mol. The zero-order valence-corrected chi connectivity index (χ0v) is 17.8. The predicted molar refractivity (Wildman–Crippen MR) is 113 cm³/mol. The lowest BCUT2D eigenvalue weighted by molar-refractivity contribution is 0.106. The van der Waals surface area contributed by atoms with Crippen LogP contribution in [0, 0.1) is 6.92 Å². The standard InChI is InChI=1S/C23H33NO4/c1-16-11-18(23(2,3)4)8-10-20(16)28-15-19(25)14-24-13-17-7-9-21(26-5)22(12-17)27-6/h7-12,19,24-25H,13-15H2,1-6H3. The molecule has 2 rings (SSSR count). The Morgan fingerprint density at radius 3 is 2.25 bits per heavy atom. The maximum absolute atomic E-state index is 10.2. The number of benzene rings is 2. The van der Waals surface area contributed by atoms with E-state index in [0.717, 1.165) is 16.9 Å². The second kappa shape index (κ2) is 9.80. The van der Waals surface area contributed by atoms with E-state index in [1.807, 2.05) is 31.2 Å². The summed E-state index contributed by atoms with van der Waals surface area (Å²) in [4.78, 5) is 0. The van der Waals surface area contributed by atoms with Gasteiger partial charge in [0.15, 0.2) is 11.5 Å². The fourth-order valence-corrected chi connectivity index (χ4v) is 2.90. The van der Waals surface area contributed by atoms with E-state index >= 15 is 0 Å². The molecule has 0 spiro atoms. The van der Waals surface area contributed by atoms with Gasteiger partial charge in [0.2, 0.25) is 0 Å². The number of nitrogens with one attached hydrogen (secondary N) is 1. The molecule has 0 radical (unpaired) electrons. The lowest BCUT2D eigenvalue weighted by Gasteiger charge is -2.21. The first-order valence-electron chi connectivity index (χ1n) is 9.58. The summed E-state index contributed by atoms with van der Waals surface area (Å²) in [6.45, 7) is 9.91. The molecule has 0 aliphatic heterocycles. The third-order valence-corrected chi connectivity index (χ3v) is 4.63. The molecule has 0 saturated carbocycles. The molecular formula is C23H33NO4. The molecule has 2 aromatic rings. The zero-order chi connectivity index (χ0) is 20.7. The summed E-state index contributed by atoms with van der Waals surface area (Å²) in [6.07, 6.45) is -0.596. The molecule has 154 valence electrons. The van der Waals surface area contributed by atoms with E-state index in [1.54, 1.807) is 14.2 Å². The van der Waals surface area contributed by atoms with Crippen molar-refractivity contribution in [1.29, 1.82) is 0 Å². The van der Waals surface area contributed by atoms with Gasteiger partial charge in [-0.05, 0) is 47.2 Å². The maximum Gasteiger partial charge on any atom is 0.161 e. The van der Waals surface area contributed by atoms with Crippen LogP contribution in [0.15, 0.2) is 36.4 Å².